The van der Waals surface area contributed by atoms with Crippen molar-refractivity contribution in [1.29, 1.82) is 0 Å². The number of hydrogen-bond donors (Lipinski definition) is 4. The lowest BCUT2D eigenvalue weighted by Gasteiger charge is -2.30. The Morgan fingerprint density at radius 3 is 2.31 bits per heavy atom. The van der Waals surface area contributed by atoms with Gasteiger partial charge in [-0.3, -0.25) is 9.59 Å². The number of amides is 2. The van der Waals surface area contributed by atoms with Gasteiger partial charge in [0.2, 0.25) is 5.91 Å². The van der Waals surface area contributed by atoms with Crippen LogP contribution in [0.25, 0.3) is 0 Å². The van der Waals surface area contributed by atoms with Gasteiger partial charge in [-0.2, -0.15) is 0 Å². The van der Waals surface area contributed by atoms with Crippen LogP contribution in [0.15, 0.2) is 24.3 Å². The van der Waals surface area contributed by atoms with E-state index in [1.54, 1.807) is 0 Å². The molecule has 36 heavy (non-hydrogen) atoms. The van der Waals surface area contributed by atoms with Crippen LogP contribution < -0.4 is 16.4 Å². The second kappa shape index (κ2) is 17.5. The normalized spacial score (nSPS) is 14.9. The van der Waals surface area contributed by atoms with Gasteiger partial charge in [-0.1, -0.05) is 66.2 Å². The molecule has 0 heterocycles. The van der Waals surface area contributed by atoms with Gasteiger partial charge in [0, 0.05) is 37.2 Å². The maximum absolute atomic E-state index is 13.0. The van der Waals surface area contributed by atoms with Gasteiger partial charge >= 0.3 is 0 Å². The SMILES string of the molecule is CCCCNC(=O)C(CC(O)C(N)CC(CNC(=O)c1ccccc1COCCC)C(C)C)C(C)C. The molecule has 2 amide bonds. The standard InChI is InChI=1S/C29H51N3O4/c1-7-9-14-31-29(35)25(21(5)6)17-27(33)26(30)16-23(20(3)4)18-32-28(34)24-13-11-10-12-22(24)19-36-15-8-2/h10-13,20-21,23,25-27,33H,7-9,14-19,30H2,1-6H3,(H,31,35)(H,32,34). The number of nitrogens with one attached hydrogen (secondary N) is 2. The van der Waals surface area contributed by atoms with E-state index in [1.807, 2.05) is 38.1 Å². The summed E-state index contributed by atoms with van der Waals surface area (Å²) in [5.74, 6) is 0.0394. The molecule has 0 aromatic heterocycles. The van der Waals surface area contributed by atoms with E-state index in [2.05, 4.69) is 38.3 Å². The second-order valence-corrected chi connectivity index (χ2v) is 10.6. The number of rotatable bonds is 18. The minimum atomic E-state index is -0.789. The van der Waals surface area contributed by atoms with Crippen LogP contribution in [0.5, 0.6) is 0 Å². The predicted molar refractivity (Wildman–Crippen MR) is 147 cm³/mol. The molecule has 0 aliphatic carbocycles. The monoisotopic (exact) mass is 505 g/mol. The Kier molecular flexibility index (Phi) is 15.6. The summed E-state index contributed by atoms with van der Waals surface area (Å²) in [6, 6.07) is 7.02. The first kappa shape index (κ1) is 32.1. The fraction of sp³-hybridized carbons (Fsp3) is 0.724. The molecule has 4 atom stereocenters. The fourth-order valence-corrected chi connectivity index (χ4v) is 4.25. The van der Waals surface area contributed by atoms with Crippen molar-refractivity contribution < 1.29 is 19.4 Å². The lowest BCUT2D eigenvalue weighted by molar-refractivity contribution is -0.127. The molecular formula is C29H51N3O4. The van der Waals surface area contributed by atoms with Crippen molar-refractivity contribution in [1.82, 2.24) is 10.6 Å². The predicted octanol–water partition coefficient (Wildman–Crippen LogP) is 4.27. The number of nitrogens with two attached hydrogens (primary N) is 1. The van der Waals surface area contributed by atoms with E-state index in [9.17, 15) is 14.7 Å². The molecule has 0 bridgehead atoms. The first-order chi connectivity index (χ1) is 17.1. The van der Waals surface area contributed by atoms with Gasteiger partial charge in [0.25, 0.3) is 5.91 Å². The largest absolute Gasteiger partial charge is 0.391 e. The molecule has 206 valence electrons. The number of aliphatic hydroxyl groups excluding tert-OH is 1. The van der Waals surface area contributed by atoms with Gasteiger partial charge in [0.15, 0.2) is 0 Å². The third kappa shape index (κ3) is 11.4. The molecule has 0 aliphatic heterocycles. The Bertz CT molecular complexity index is 769. The van der Waals surface area contributed by atoms with E-state index in [1.165, 1.54) is 0 Å². The summed E-state index contributed by atoms with van der Waals surface area (Å²) in [4.78, 5) is 25.6. The lowest BCUT2D eigenvalue weighted by Crippen LogP contribution is -2.44. The average molecular weight is 506 g/mol. The highest BCUT2D eigenvalue weighted by atomic mass is 16.5. The summed E-state index contributed by atoms with van der Waals surface area (Å²) in [6.07, 6.45) is 2.99. The molecule has 0 saturated heterocycles. The van der Waals surface area contributed by atoms with Gasteiger partial charge < -0.3 is 26.2 Å². The number of aliphatic hydroxyl groups is 1. The number of carbonyl (C=O) groups is 2. The van der Waals surface area contributed by atoms with Crippen molar-refractivity contribution >= 4 is 11.8 Å². The zero-order valence-corrected chi connectivity index (χ0v) is 23.4. The minimum Gasteiger partial charge on any atom is -0.391 e. The van der Waals surface area contributed by atoms with E-state index in [-0.39, 0.29) is 35.5 Å². The summed E-state index contributed by atoms with van der Waals surface area (Å²) < 4.78 is 5.64. The summed E-state index contributed by atoms with van der Waals surface area (Å²) in [5, 5.41) is 16.9. The third-order valence-electron chi connectivity index (χ3n) is 6.87. The summed E-state index contributed by atoms with van der Waals surface area (Å²) in [7, 11) is 0. The van der Waals surface area contributed by atoms with Crippen molar-refractivity contribution in [3.63, 3.8) is 0 Å². The van der Waals surface area contributed by atoms with E-state index in [0.29, 0.717) is 44.7 Å². The summed E-state index contributed by atoms with van der Waals surface area (Å²) >= 11 is 0. The second-order valence-electron chi connectivity index (χ2n) is 10.6. The van der Waals surface area contributed by atoms with E-state index < -0.39 is 12.1 Å². The van der Waals surface area contributed by atoms with Crippen LogP contribution >= 0.6 is 0 Å². The van der Waals surface area contributed by atoms with Gasteiger partial charge in [-0.25, -0.2) is 0 Å². The lowest BCUT2D eigenvalue weighted by atomic mass is 9.83. The molecule has 0 radical (unpaired) electrons. The van der Waals surface area contributed by atoms with Gasteiger partial charge in [-0.05, 0) is 55.1 Å². The molecule has 0 aliphatic rings. The molecule has 5 N–H and O–H groups in total. The van der Waals surface area contributed by atoms with Crippen LogP contribution in [0.3, 0.4) is 0 Å². The van der Waals surface area contributed by atoms with Crippen LogP contribution in [-0.2, 0) is 16.1 Å². The zero-order valence-electron chi connectivity index (χ0n) is 23.4. The van der Waals surface area contributed by atoms with Crippen molar-refractivity contribution in [3.05, 3.63) is 35.4 Å². The summed E-state index contributed by atoms with van der Waals surface area (Å²) in [5.41, 5.74) is 7.91. The maximum Gasteiger partial charge on any atom is 0.251 e. The molecule has 1 aromatic carbocycles. The van der Waals surface area contributed by atoms with Crippen LogP contribution in [0.1, 0.15) is 89.6 Å². The number of ether oxygens (including phenoxy) is 1. The van der Waals surface area contributed by atoms with Crippen molar-refractivity contribution in [2.24, 2.45) is 29.4 Å². The average Bonchev–Trinajstić information content (AvgIpc) is 2.84. The highest BCUT2D eigenvalue weighted by Crippen LogP contribution is 2.23. The van der Waals surface area contributed by atoms with Gasteiger partial charge in [-0.15, -0.1) is 0 Å². The third-order valence-corrected chi connectivity index (χ3v) is 6.87. The number of benzene rings is 1. The molecule has 0 saturated carbocycles. The Morgan fingerprint density at radius 1 is 1.00 bits per heavy atom. The number of hydrogen-bond acceptors (Lipinski definition) is 5. The van der Waals surface area contributed by atoms with Crippen LogP contribution in [0.2, 0.25) is 0 Å². The van der Waals surface area contributed by atoms with Gasteiger partial charge in [0.1, 0.15) is 0 Å². The maximum atomic E-state index is 13.0. The van der Waals surface area contributed by atoms with E-state index >= 15 is 0 Å². The first-order valence-electron chi connectivity index (χ1n) is 13.8. The quantitative estimate of drug-likeness (QED) is 0.223. The Balaban J connectivity index is 2.72. The highest BCUT2D eigenvalue weighted by Gasteiger charge is 2.29. The smallest absolute Gasteiger partial charge is 0.251 e. The molecule has 7 heteroatoms. The van der Waals surface area contributed by atoms with Crippen LogP contribution in [-0.4, -0.2) is 48.8 Å². The number of carbonyl (C=O) groups excluding carboxylic acids is 2. The molecular weight excluding hydrogens is 454 g/mol. The minimum absolute atomic E-state index is 0.0149. The summed E-state index contributed by atoms with van der Waals surface area (Å²) in [6.45, 7) is 14.5. The fourth-order valence-electron chi connectivity index (χ4n) is 4.25. The van der Waals surface area contributed by atoms with Crippen molar-refractivity contribution in [2.45, 2.75) is 92.4 Å². The molecule has 1 aromatic rings. The molecule has 1 rings (SSSR count). The van der Waals surface area contributed by atoms with Gasteiger partial charge in [0.05, 0.1) is 12.7 Å². The van der Waals surface area contributed by atoms with Crippen LogP contribution in [0.4, 0.5) is 0 Å². The number of unbranched alkanes of at least 4 members (excludes halogenated alkanes) is 1. The molecule has 4 unspecified atom stereocenters. The first-order valence-corrected chi connectivity index (χ1v) is 13.8. The topological polar surface area (TPSA) is 114 Å². The van der Waals surface area contributed by atoms with E-state index in [0.717, 1.165) is 24.8 Å². The highest BCUT2D eigenvalue weighted by molar-refractivity contribution is 5.95. The van der Waals surface area contributed by atoms with Crippen LogP contribution in [0, 0.1) is 23.7 Å². The molecule has 0 spiro atoms. The zero-order chi connectivity index (χ0) is 27.1. The Hall–Kier alpha value is -1.96. The van der Waals surface area contributed by atoms with Crippen molar-refractivity contribution in [3.8, 4) is 0 Å². The Morgan fingerprint density at radius 2 is 1.69 bits per heavy atom. The van der Waals surface area contributed by atoms with Crippen molar-refractivity contribution in [2.75, 3.05) is 19.7 Å². The molecule has 7 nitrogen and oxygen atoms in total. The molecule has 0 fully saturated rings. The van der Waals surface area contributed by atoms with E-state index in [4.69, 9.17) is 10.5 Å². The Labute approximate surface area is 218 Å².